The molecule has 2 rings (SSSR count). The van der Waals surface area contributed by atoms with E-state index in [-0.39, 0.29) is 5.69 Å². The van der Waals surface area contributed by atoms with E-state index in [9.17, 15) is 23.6 Å². The van der Waals surface area contributed by atoms with E-state index < -0.39 is 47.8 Å². The minimum Gasteiger partial charge on any atom is -0.451 e. The molecular formula is C19H24FN3O5. The average Bonchev–Trinajstić information content (AvgIpc) is 2.83. The van der Waals surface area contributed by atoms with Crippen LogP contribution in [0.1, 0.15) is 40.0 Å². The van der Waals surface area contributed by atoms with E-state index in [1.807, 2.05) is 6.92 Å². The lowest BCUT2D eigenvalue weighted by Gasteiger charge is -2.21. The van der Waals surface area contributed by atoms with E-state index in [1.54, 1.807) is 6.92 Å². The zero-order chi connectivity index (χ0) is 20.9. The normalized spacial score (nSPS) is 19.9. The smallest absolute Gasteiger partial charge is 0.327 e. The average molecular weight is 393 g/mol. The molecule has 0 bridgehead atoms. The number of amides is 4. The molecule has 0 radical (unpaired) electrons. The number of ether oxygens (including phenoxy) is 1. The monoisotopic (exact) mass is 393 g/mol. The van der Waals surface area contributed by atoms with Crippen molar-refractivity contribution in [3.63, 3.8) is 0 Å². The molecule has 1 aromatic carbocycles. The SMILES string of the molecule is CCCC[C@@]1(C)NC(=O)N(CC(=O)O[C@H](C)C(=O)Nc2cccc(F)c2)C1=O. The van der Waals surface area contributed by atoms with Gasteiger partial charge in [-0.05, 0) is 38.5 Å². The van der Waals surface area contributed by atoms with E-state index in [1.165, 1.54) is 25.1 Å². The fourth-order valence-electron chi connectivity index (χ4n) is 2.82. The first-order valence-electron chi connectivity index (χ1n) is 9.06. The molecule has 1 heterocycles. The summed E-state index contributed by atoms with van der Waals surface area (Å²) in [5, 5.41) is 5.02. The molecule has 1 aliphatic rings. The first kappa shape index (κ1) is 21.3. The van der Waals surface area contributed by atoms with Crippen LogP contribution >= 0.6 is 0 Å². The van der Waals surface area contributed by atoms with Crippen molar-refractivity contribution >= 4 is 29.5 Å². The van der Waals surface area contributed by atoms with Gasteiger partial charge in [-0.15, -0.1) is 0 Å². The third kappa shape index (κ3) is 5.05. The number of esters is 1. The van der Waals surface area contributed by atoms with Crippen molar-refractivity contribution in [2.24, 2.45) is 0 Å². The van der Waals surface area contributed by atoms with Crippen molar-refractivity contribution in [1.82, 2.24) is 10.2 Å². The van der Waals surface area contributed by atoms with Crippen LogP contribution in [0.5, 0.6) is 0 Å². The van der Waals surface area contributed by atoms with Crippen molar-refractivity contribution < 1.29 is 28.3 Å². The van der Waals surface area contributed by atoms with Crippen LogP contribution in [0.2, 0.25) is 0 Å². The first-order chi connectivity index (χ1) is 13.2. The number of benzene rings is 1. The van der Waals surface area contributed by atoms with Crippen molar-refractivity contribution in [2.75, 3.05) is 11.9 Å². The van der Waals surface area contributed by atoms with Crippen LogP contribution < -0.4 is 10.6 Å². The summed E-state index contributed by atoms with van der Waals surface area (Å²) in [5.74, 6) is -2.58. The molecule has 1 fully saturated rings. The zero-order valence-electron chi connectivity index (χ0n) is 16.1. The standard InChI is InChI=1S/C19H24FN3O5/c1-4-5-9-19(3)17(26)23(18(27)22-19)11-15(24)28-12(2)16(25)21-14-8-6-7-13(20)10-14/h6-8,10,12H,4-5,9,11H2,1-3H3,(H,21,25)(H,22,27)/t12-,19-/m1/s1. The summed E-state index contributed by atoms with van der Waals surface area (Å²) in [7, 11) is 0. The molecule has 0 unspecified atom stereocenters. The maximum Gasteiger partial charge on any atom is 0.327 e. The van der Waals surface area contributed by atoms with Crippen LogP contribution in [0.15, 0.2) is 24.3 Å². The number of anilines is 1. The quantitative estimate of drug-likeness (QED) is 0.520. The molecule has 1 saturated heterocycles. The molecule has 0 saturated carbocycles. The number of nitrogens with zero attached hydrogens (tertiary/aromatic N) is 1. The van der Waals surface area contributed by atoms with Crippen molar-refractivity contribution in [2.45, 2.75) is 51.7 Å². The third-order valence-corrected chi connectivity index (χ3v) is 4.43. The summed E-state index contributed by atoms with van der Waals surface area (Å²) in [4.78, 5) is 49.5. The molecule has 0 aliphatic carbocycles. The van der Waals surface area contributed by atoms with Crippen LogP contribution in [0, 0.1) is 5.82 Å². The summed E-state index contributed by atoms with van der Waals surface area (Å²) in [5.41, 5.74) is -0.831. The lowest BCUT2D eigenvalue weighted by molar-refractivity contribution is -0.155. The van der Waals surface area contributed by atoms with Crippen LogP contribution in [0.4, 0.5) is 14.9 Å². The Labute approximate surface area is 162 Å². The Morgan fingerprint density at radius 3 is 2.71 bits per heavy atom. The minimum atomic E-state index is -1.19. The van der Waals surface area contributed by atoms with E-state index in [0.717, 1.165) is 23.8 Å². The van der Waals surface area contributed by atoms with Gasteiger partial charge in [0.05, 0.1) is 0 Å². The highest BCUT2D eigenvalue weighted by atomic mass is 19.1. The van der Waals surface area contributed by atoms with E-state index in [2.05, 4.69) is 10.6 Å². The third-order valence-electron chi connectivity index (χ3n) is 4.43. The maximum atomic E-state index is 13.2. The van der Waals surface area contributed by atoms with Gasteiger partial charge in [-0.25, -0.2) is 9.18 Å². The minimum absolute atomic E-state index is 0.216. The molecule has 9 heteroatoms. The molecule has 4 amide bonds. The summed E-state index contributed by atoms with van der Waals surface area (Å²) in [6, 6.07) is 4.59. The zero-order valence-corrected chi connectivity index (χ0v) is 16.1. The van der Waals surface area contributed by atoms with Crippen molar-refractivity contribution in [3.8, 4) is 0 Å². The molecule has 0 aromatic heterocycles. The van der Waals surface area contributed by atoms with Crippen LogP contribution in [-0.4, -0.2) is 46.9 Å². The molecule has 1 aromatic rings. The lowest BCUT2D eigenvalue weighted by Crippen LogP contribution is -2.44. The molecule has 152 valence electrons. The van der Waals surface area contributed by atoms with Gasteiger partial charge >= 0.3 is 12.0 Å². The van der Waals surface area contributed by atoms with E-state index >= 15 is 0 Å². The molecule has 2 atom stereocenters. The summed E-state index contributed by atoms with van der Waals surface area (Å²) < 4.78 is 18.2. The second-order valence-electron chi connectivity index (χ2n) is 6.89. The Kier molecular flexibility index (Phi) is 6.71. The van der Waals surface area contributed by atoms with Crippen molar-refractivity contribution in [1.29, 1.82) is 0 Å². The highest BCUT2D eigenvalue weighted by Crippen LogP contribution is 2.23. The van der Waals surface area contributed by atoms with Gasteiger partial charge in [-0.2, -0.15) is 0 Å². The lowest BCUT2D eigenvalue weighted by atomic mass is 9.95. The van der Waals surface area contributed by atoms with E-state index in [4.69, 9.17) is 4.74 Å². The van der Waals surface area contributed by atoms with Gasteiger partial charge in [0.1, 0.15) is 17.9 Å². The molecule has 0 spiro atoms. The molecular weight excluding hydrogens is 369 g/mol. The van der Waals surface area contributed by atoms with E-state index in [0.29, 0.717) is 6.42 Å². The molecule has 2 N–H and O–H groups in total. The fraction of sp³-hybridized carbons (Fsp3) is 0.474. The van der Waals surface area contributed by atoms with Gasteiger partial charge in [0.15, 0.2) is 6.10 Å². The number of carbonyl (C=O) groups excluding carboxylic acids is 4. The van der Waals surface area contributed by atoms with Gasteiger partial charge < -0.3 is 15.4 Å². The topological polar surface area (TPSA) is 105 Å². The number of urea groups is 1. The number of halogens is 1. The van der Waals surface area contributed by atoms with Gasteiger partial charge in [-0.1, -0.05) is 25.8 Å². The number of hydrogen-bond acceptors (Lipinski definition) is 5. The Hall–Kier alpha value is -2.97. The molecule has 8 nitrogen and oxygen atoms in total. The van der Waals surface area contributed by atoms with Crippen molar-refractivity contribution in [3.05, 3.63) is 30.1 Å². The second-order valence-corrected chi connectivity index (χ2v) is 6.89. The highest BCUT2D eigenvalue weighted by molar-refractivity contribution is 6.08. The van der Waals surface area contributed by atoms with Gasteiger partial charge in [-0.3, -0.25) is 19.3 Å². The number of unbranched alkanes of at least 4 members (excludes halogenated alkanes) is 1. The Morgan fingerprint density at radius 1 is 1.36 bits per heavy atom. The van der Waals surface area contributed by atoms with Crippen LogP contribution in [0.25, 0.3) is 0 Å². The number of rotatable bonds is 8. The van der Waals surface area contributed by atoms with Crippen LogP contribution in [0.3, 0.4) is 0 Å². The fourth-order valence-corrected chi connectivity index (χ4v) is 2.82. The predicted octanol–water partition coefficient (Wildman–Crippen LogP) is 2.20. The number of nitrogens with one attached hydrogen (secondary N) is 2. The number of carbonyl (C=O) groups is 4. The maximum absolute atomic E-state index is 13.2. The highest BCUT2D eigenvalue weighted by Gasteiger charge is 2.48. The largest absolute Gasteiger partial charge is 0.451 e. The second kappa shape index (κ2) is 8.81. The Morgan fingerprint density at radius 2 is 2.07 bits per heavy atom. The summed E-state index contributed by atoms with van der Waals surface area (Å²) in [6.45, 7) is 4.33. The predicted molar refractivity (Wildman–Crippen MR) is 98.8 cm³/mol. The Balaban J connectivity index is 1.91. The molecule has 1 aliphatic heterocycles. The first-order valence-corrected chi connectivity index (χ1v) is 9.06. The van der Waals surface area contributed by atoms with Gasteiger partial charge in [0.25, 0.3) is 11.8 Å². The Bertz CT molecular complexity index is 785. The summed E-state index contributed by atoms with van der Waals surface area (Å²) >= 11 is 0. The van der Waals surface area contributed by atoms with Gasteiger partial charge in [0, 0.05) is 5.69 Å². The number of hydrogen-bond donors (Lipinski definition) is 2. The number of imide groups is 1. The van der Waals surface area contributed by atoms with Crippen LogP contribution in [-0.2, 0) is 19.1 Å². The summed E-state index contributed by atoms with van der Waals surface area (Å²) in [6.07, 6.45) is 0.881. The molecule has 28 heavy (non-hydrogen) atoms. The van der Waals surface area contributed by atoms with Gasteiger partial charge in [0.2, 0.25) is 0 Å².